The maximum Gasteiger partial charge on any atom is 0.222 e. The van der Waals surface area contributed by atoms with Gasteiger partial charge in [0.1, 0.15) is 0 Å². The maximum atomic E-state index is 11.7. The molecule has 126 valence electrons. The molecular weight excluding hydrogens is 316 g/mol. The molecule has 0 radical (unpaired) electrons. The molecule has 2 saturated heterocycles. The standard InChI is InChI=1S/C17H23ClN2O3/c1-19-16(21)12-6-8-20(9-7-12)10-15-11-22-17(23-15)13-2-4-14(18)5-3-13/h2-5,12,15,17H,6-11H2,1H3,(H,19,21)/t15-,17-/m0/s1. The molecule has 2 heterocycles. The molecule has 23 heavy (non-hydrogen) atoms. The minimum absolute atomic E-state index is 0.0761. The zero-order valence-corrected chi connectivity index (χ0v) is 14.1. The average Bonchev–Trinajstić information content (AvgIpc) is 3.04. The van der Waals surface area contributed by atoms with Crippen molar-refractivity contribution in [1.29, 1.82) is 0 Å². The van der Waals surface area contributed by atoms with Gasteiger partial charge in [-0.15, -0.1) is 0 Å². The van der Waals surface area contributed by atoms with Gasteiger partial charge >= 0.3 is 0 Å². The van der Waals surface area contributed by atoms with E-state index in [1.807, 2.05) is 24.3 Å². The van der Waals surface area contributed by atoms with Crippen LogP contribution in [0.15, 0.2) is 24.3 Å². The number of rotatable bonds is 4. The van der Waals surface area contributed by atoms with Crippen molar-refractivity contribution < 1.29 is 14.3 Å². The van der Waals surface area contributed by atoms with E-state index in [4.69, 9.17) is 21.1 Å². The molecule has 2 aliphatic heterocycles. The minimum atomic E-state index is -0.305. The lowest BCUT2D eigenvalue weighted by molar-refractivity contribution is -0.126. The summed E-state index contributed by atoms with van der Waals surface area (Å²) in [4.78, 5) is 14.0. The molecule has 1 aromatic rings. The van der Waals surface area contributed by atoms with Gasteiger partial charge in [0.2, 0.25) is 5.91 Å². The molecule has 0 aromatic heterocycles. The summed E-state index contributed by atoms with van der Waals surface area (Å²) >= 11 is 5.90. The molecular formula is C17H23ClN2O3. The summed E-state index contributed by atoms with van der Waals surface area (Å²) in [7, 11) is 1.70. The number of nitrogens with one attached hydrogen (secondary N) is 1. The molecule has 0 bridgehead atoms. The summed E-state index contributed by atoms with van der Waals surface area (Å²) in [6, 6.07) is 7.56. The lowest BCUT2D eigenvalue weighted by Crippen LogP contribution is -2.42. The SMILES string of the molecule is CNC(=O)C1CCN(C[C@H]2CO[C@H](c3ccc(Cl)cc3)O2)CC1. The number of benzene rings is 1. The van der Waals surface area contributed by atoms with Crippen molar-refractivity contribution >= 4 is 17.5 Å². The Morgan fingerprint density at radius 1 is 1.30 bits per heavy atom. The summed E-state index contributed by atoms with van der Waals surface area (Å²) in [6.45, 7) is 3.32. The van der Waals surface area contributed by atoms with Gasteiger partial charge in [-0.2, -0.15) is 0 Å². The minimum Gasteiger partial charge on any atom is -0.359 e. The molecule has 0 unspecified atom stereocenters. The smallest absolute Gasteiger partial charge is 0.222 e. The second-order valence-corrected chi connectivity index (χ2v) is 6.60. The van der Waals surface area contributed by atoms with Gasteiger partial charge in [0.25, 0.3) is 0 Å². The van der Waals surface area contributed by atoms with Crippen LogP contribution in [-0.2, 0) is 14.3 Å². The normalized spacial score (nSPS) is 26.3. The van der Waals surface area contributed by atoms with Gasteiger partial charge in [-0.1, -0.05) is 23.7 Å². The highest BCUT2D eigenvalue weighted by Gasteiger charge is 2.31. The van der Waals surface area contributed by atoms with Gasteiger partial charge in [-0.25, -0.2) is 0 Å². The van der Waals surface area contributed by atoms with E-state index < -0.39 is 0 Å². The van der Waals surface area contributed by atoms with Crippen LogP contribution in [-0.4, -0.2) is 50.2 Å². The Morgan fingerprint density at radius 3 is 2.65 bits per heavy atom. The largest absolute Gasteiger partial charge is 0.359 e. The van der Waals surface area contributed by atoms with Gasteiger partial charge in [0.05, 0.1) is 12.7 Å². The van der Waals surface area contributed by atoms with E-state index in [1.54, 1.807) is 7.05 Å². The predicted octanol–water partition coefficient (Wildman–Crippen LogP) is 2.21. The van der Waals surface area contributed by atoms with Crippen molar-refractivity contribution in [2.24, 2.45) is 5.92 Å². The van der Waals surface area contributed by atoms with Crippen LogP contribution in [0.5, 0.6) is 0 Å². The fourth-order valence-corrected chi connectivity index (χ4v) is 3.33. The van der Waals surface area contributed by atoms with Gasteiger partial charge < -0.3 is 19.7 Å². The molecule has 6 heteroatoms. The Kier molecular flexibility index (Phi) is 5.54. The number of nitrogens with zero attached hydrogens (tertiary/aromatic N) is 1. The summed E-state index contributed by atoms with van der Waals surface area (Å²) in [5.41, 5.74) is 0.996. The third-order valence-electron chi connectivity index (χ3n) is 4.56. The number of halogens is 1. The molecule has 0 spiro atoms. The first-order valence-electron chi connectivity index (χ1n) is 8.12. The number of carbonyl (C=O) groups excluding carboxylic acids is 1. The van der Waals surface area contributed by atoms with Crippen molar-refractivity contribution in [3.8, 4) is 0 Å². The number of hydrogen-bond donors (Lipinski definition) is 1. The monoisotopic (exact) mass is 338 g/mol. The molecule has 5 nitrogen and oxygen atoms in total. The van der Waals surface area contributed by atoms with Gasteiger partial charge in [0, 0.05) is 30.1 Å². The van der Waals surface area contributed by atoms with E-state index >= 15 is 0 Å². The number of hydrogen-bond acceptors (Lipinski definition) is 4. The van der Waals surface area contributed by atoms with Crippen LogP contribution in [0.1, 0.15) is 24.7 Å². The highest BCUT2D eigenvalue weighted by molar-refractivity contribution is 6.30. The van der Waals surface area contributed by atoms with E-state index in [1.165, 1.54) is 0 Å². The molecule has 2 atom stereocenters. The number of piperidine rings is 1. The van der Waals surface area contributed by atoms with E-state index in [-0.39, 0.29) is 24.2 Å². The third-order valence-corrected chi connectivity index (χ3v) is 4.81. The van der Waals surface area contributed by atoms with Crippen LogP contribution in [0.25, 0.3) is 0 Å². The number of likely N-dealkylation sites (tertiary alicyclic amines) is 1. The van der Waals surface area contributed by atoms with Crippen molar-refractivity contribution in [2.75, 3.05) is 33.3 Å². The van der Waals surface area contributed by atoms with Crippen molar-refractivity contribution in [3.05, 3.63) is 34.9 Å². The fraction of sp³-hybridized carbons (Fsp3) is 0.588. The Labute approximate surface area is 141 Å². The Hall–Kier alpha value is -1.14. The zero-order chi connectivity index (χ0) is 16.2. The van der Waals surface area contributed by atoms with Crippen LogP contribution in [0.3, 0.4) is 0 Å². The maximum absolute atomic E-state index is 11.7. The summed E-state index contributed by atoms with van der Waals surface area (Å²) in [5.74, 6) is 0.312. The first-order valence-corrected chi connectivity index (χ1v) is 8.50. The van der Waals surface area contributed by atoms with Gasteiger partial charge in [0.15, 0.2) is 6.29 Å². The van der Waals surface area contributed by atoms with Crippen LogP contribution < -0.4 is 5.32 Å². The molecule has 2 aliphatic rings. The second-order valence-electron chi connectivity index (χ2n) is 6.16. The van der Waals surface area contributed by atoms with E-state index in [0.29, 0.717) is 11.6 Å². The first-order chi connectivity index (χ1) is 11.2. The highest BCUT2D eigenvalue weighted by atomic mass is 35.5. The van der Waals surface area contributed by atoms with Gasteiger partial charge in [-0.05, 0) is 38.1 Å². The number of amides is 1. The lowest BCUT2D eigenvalue weighted by atomic mass is 9.96. The Balaban J connectivity index is 1.45. The summed E-state index contributed by atoms with van der Waals surface area (Å²) < 4.78 is 11.8. The molecule has 1 aromatic carbocycles. The molecule has 0 saturated carbocycles. The molecule has 1 N–H and O–H groups in total. The van der Waals surface area contributed by atoms with Crippen molar-refractivity contribution in [2.45, 2.75) is 25.2 Å². The van der Waals surface area contributed by atoms with Crippen LogP contribution in [0, 0.1) is 5.92 Å². The Bertz CT molecular complexity index is 529. The van der Waals surface area contributed by atoms with Crippen molar-refractivity contribution in [3.63, 3.8) is 0 Å². The first kappa shape index (κ1) is 16.7. The van der Waals surface area contributed by atoms with Crippen LogP contribution in [0.4, 0.5) is 0 Å². The van der Waals surface area contributed by atoms with Crippen LogP contribution >= 0.6 is 11.6 Å². The lowest BCUT2D eigenvalue weighted by Gasteiger charge is -2.32. The van der Waals surface area contributed by atoms with E-state index in [0.717, 1.165) is 38.0 Å². The quantitative estimate of drug-likeness (QED) is 0.914. The van der Waals surface area contributed by atoms with Gasteiger partial charge in [-0.3, -0.25) is 4.79 Å². The predicted molar refractivity (Wildman–Crippen MR) is 88.2 cm³/mol. The molecule has 1 amide bonds. The summed E-state index contributed by atoms with van der Waals surface area (Å²) in [6.07, 6.45) is 1.59. The number of ether oxygens (including phenoxy) is 2. The Morgan fingerprint density at radius 2 is 2.00 bits per heavy atom. The average molecular weight is 339 g/mol. The van der Waals surface area contributed by atoms with E-state index in [2.05, 4.69) is 10.2 Å². The van der Waals surface area contributed by atoms with E-state index in [9.17, 15) is 4.79 Å². The van der Waals surface area contributed by atoms with Crippen molar-refractivity contribution in [1.82, 2.24) is 10.2 Å². The van der Waals surface area contributed by atoms with Crippen LogP contribution in [0.2, 0.25) is 5.02 Å². The third kappa shape index (κ3) is 4.23. The molecule has 3 rings (SSSR count). The highest BCUT2D eigenvalue weighted by Crippen LogP contribution is 2.28. The summed E-state index contributed by atoms with van der Waals surface area (Å²) in [5, 5.41) is 3.45. The topological polar surface area (TPSA) is 50.8 Å². The second kappa shape index (κ2) is 7.62. The number of carbonyl (C=O) groups is 1. The molecule has 2 fully saturated rings. The fourth-order valence-electron chi connectivity index (χ4n) is 3.21. The molecule has 0 aliphatic carbocycles. The zero-order valence-electron chi connectivity index (χ0n) is 13.3.